The Bertz CT molecular complexity index is 3550. The Balaban J connectivity index is 1.07. The molecule has 0 bridgehead atoms. The molecule has 12 aromatic rings. The van der Waals surface area contributed by atoms with Gasteiger partial charge in [-0.25, -0.2) is 0 Å². The molecule has 0 aliphatic carbocycles. The molecule has 2 heterocycles. The normalized spacial score (nSPS) is 12.2. The molecule has 11 aromatic carbocycles. The summed E-state index contributed by atoms with van der Waals surface area (Å²) in [7, 11) is 0. The molecular formula is C58H37N3S. The SMILES string of the molecule is c1ccc(N(c2ccccc2)c2ccc3c(c2)N(c2ccccc2)c2ccc4c5sc6cc(N(c7ccccc7)c7ccccc7)ccc6c5c5cccc6cc-3c2c4c65)cc1. The van der Waals surface area contributed by atoms with E-state index in [0.717, 1.165) is 45.5 Å². The molecular weight excluding hydrogens is 771 g/mol. The Hall–Kier alpha value is -7.92. The van der Waals surface area contributed by atoms with Gasteiger partial charge < -0.3 is 14.7 Å². The number of hydrogen-bond donors (Lipinski definition) is 0. The van der Waals surface area contributed by atoms with Gasteiger partial charge in [-0.3, -0.25) is 0 Å². The van der Waals surface area contributed by atoms with Gasteiger partial charge in [0.05, 0.1) is 11.4 Å². The van der Waals surface area contributed by atoms with E-state index >= 15 is 0 Å². The monoisotopic (exact) mass is 807 g/mol. The van der Waals surface area contributed by atoms with Crippen molar-refractivity contribution >= 4 is 115 Å². The quantitative estimate of drug-likeness (QED) is 0.149. The summed E-state index contributed by atoms with van der Waals surface area (Å²) in [6, 6.07) is 81.8. The van der Waals surface area contributed by atoms with E-state index in [4.69, 9.17) is 0 Å². The van der Waals surface area contributed by atoms with Crippen LogP contribution in [0.4, 0.5) is 51.2 Å². The van der Waals surface area contributed by atoms with E-state index in [1.165, 1.54) is 69.3 Å². The van der Waals surface area contributed by atoms with E-state index in [0.29, 0.717) is 0 Å². The van der Waals surface area contributed by atoms with Crippen molar-refractivity contribution in [1.82, 2.24) is 0 Å². The van der Waals surface area contributed by atoms with Crippen molar-refractivity contribution in [3.8, 4) is 11.1 Å². The third kappa shape index (κ3) is 5.24. The molecule has 0 radical (unpaired) electrons. The van der Waals surface area contributed by atoms with Crippen LogP contribution in [0.2, 0.25) is 0 Å². The van der Waals surface area contributed by atoms with E-state index in [9.17, 15) is 0 Å². The molecule has 0 saturated heterocycles. The first kappa shape index (κ1) is 34.9. The zero-order valence-corrected chi connectivity index (χ0v) is 34.4. The first-order chi connectivity index (χ1) is 30.8. The molecule has 0 unspecified atom stereocenters. The van der Waals surface area contributed by atoms with Gasteiger partial charge in [0.2, 0.25) is 0 Å². The minimum atomic E-state index is 1.11. The smallest absolute Gasteiger partial charge is 0.0561 e. The van der Waals surface area contributed by atoms with Crippen molar-refractivity contribution in [2.45, 2.75) is 0 Å². The zero-order valence-electron chi connectivity index (χ0n) is 33.6. The summed E-state index contributed by atoms with van der Waals surface area (Å²) in [6.07, 6.45) is 0. The average Bonchev–Trinajstić information content (AvgIpc) is 3.73. The van der Waals surface area contributed by atoms with Crippen LogP contribution in [0.1, 0.15) is 0 Å². The highest BCUT2D eigenvalue weighted by molar-refractivity contribution is 7.27. The third-order valence-electron chi connectivity index (χ3n) is 12.6. The van der Waals surface area contributed by atoms with E-state index in [-0.39, 0.29) is 0 Å². The van der Waals surface area contributed by atoms with Crippen LogP contribution in [-0.4, -0.2) is 0 Å². The maximum atomic E-state index is 2.49. The predicted molar refractivity (Wildman–Crippen MR) is 266 cm³/mol. The molecule has 290 valence electrons. The van der Waals surface area contributed by atoms with Crippen molar-refractivity contribution in [1.29, 1.82) is 0 Å². The van der Waals surface area contributed by atoms with E-state index in [2.05, 4.69) is 239 Å². The summed E-state index contributed by atoms with van der Waals surface area (Å²) in [5, 5.41) is 10.5. The van der Waals surface area contributed by atoms with Crippen LogP contribution in [0, 0.1) is 0 Å². The number of hydrogen-bond acceptors (Lipinski definition) is 4. The van der Waals surface area contributed by atoms with Gasteiger partial charge in [0.25, 0.3) is 0 Å². The molecule has 0 saturated carbocycles. The second-order valence-electron chi connectivity index (χ2n) is 16.1. The number of thiophene rings is 1. The Morgan fingerprint density at radius 2 is 0.871 bits per heavy atom. The second kappa shape index (κ2) is 13.8. The highest BCUT2D eigenvalue weighted by Crippen LogP contribution is 2.57. The molecule has 62 heavy (non-hydrogen) atoms. The topological polar surface area (TPSA) is 9.72 Å². The van der Waals surface area contributed by atoms with Crippen LogP contribution in [0.5, 0.6) is 0 Å². The van der Waals surface area contributed by atoms with Crippen LogP contribution in [0.15, 0.2) is 224 Å². The van der Waals surface area contributed by atoms with Gasteiger partial charge in [-0.1, -0.05) is 127 Å². The number of anilines is 9. The lowest BCUT2D eigenvalue weighted by molar-refractivity contribution is 1.25. The fraction of sp³-hybridized carbons (Fsp3) is 0. The molecule has 0 fully saturated rings. The number of fused-ring (bicyclic) bond motifs is 7. The van der Waals surface area contributed by atoms with E-state index < -0.39 is 0 Å². The number of nitrogens with zero attached hydrogens (tertiary/aromatic N) is 3. The van der Waals surface area contributed by atoms with Crippen molar-refractivity contribution in [2.75, 3.05) is 14.7 Å². The maximum absolute atomic E-state index is 2.49. The van der Waals surface area contributed by atoms with Crippen molar-refractivity contribution < 1.29 is 0 Å². The van der Waals surface area contributed by atoms with Crippen LogP contribution in [-0.2, 0) is 0 Å². The summed E-state index contributed by atoms with van der Waals surface area (Å²) in [6.45, 7) is 0. The van der Waals surface area contributed by atoms with Gasteiger partial charge in [-0.2, -0.15) is 0 Å². The van der Waals surface area contributed by atoms with Crippen molar-refractivity contribution in [2.24, 2.45) is 0 Å². The van der Waals surface area contributed by atoms with Gasteiger partial charge in [-0.05, 0) is 119 Å². The van der Waals surface area contributed by atoms with Crippen LogP contribution in [0.3, 0.4) is 0 Å². The molecule has 13 rings (SSSR count). The lowest BCUT2D eigenvalue weighted by atomic mass is 9.83. The average molecular weight is 808 g/mol. The Morgan fingerprint density at radius 1 is 0.323 bits per heavy atom. The highest BCUT2D eigenvalue weighted by Gasteiger charge is 2.31. The summed E-state index contributed by atoms with van der Waals surface area (Å²) in [5.74, 6) is 0. The Morgan fingerprint density at radius 3 is 1.48 bits per heavy atom. The van der Waals surface area contributed by atoms with E-state index in [1.54, 1.807) is 0 Å². The Labute approximate surface area is 363 Å². The van der Waals surface area contributed by atoms with Crippen LogP contribution < -0.4 is 14.7 Å². The van der Waals surface area contributed by atoms with Crippen LogP contribution in [0.25, 0.3) is 63.6 Å². The molecule has 1 aliphatic rings. The third-order valence-corrected chi connectivity index (χ3v) is 13.8. The summed E-state index contributed by atoms with van der Waals surface area (Å²) >= 11 is 1.92. The molecule has 3 nitrogen and oxygen atoms in total. The van der Waals surface area contributed by atoms with Crippen LogP contribution >= 0.6 is 11.3 Å². The number of benzene rings is 11. The van der Waals surface area contributed by atoms with Crippen molar-refractivity contribution in [3.63, 3.8) is 0 Å². The highest BCUT2D eigenvalue weighted by atomic mass is 32.1. The van der Waals surface area contributed by atoms with Gasteiger partial charge in [0.15, 0.2) is 0 Å². The minimum absolute atomic E-state index is 1.11. The van der Waals surface area contributed by atoms with Gasteiger partial charge >= 0.3 is 0 Å². The van der Waals surface area contributed by atoms with Gasteiger partial charge in [0.1, 0.15) is 0 Å². The largest absolute Gasteiger partial charge is 0.310 e. The molecule has 0 amide bonds. The fourth-order valence-electron chi connectivity index (χ4n) is 10.1. The summed E-state index contributed by atoms with van der Waals surface area (Å²) in [5.41, 5.74) is 12.8. The van der Waals surface area contributed by atoms with E-state index in [1.807, 2.05) is 11.3 Å². The fourth-order valence-corrected chi connectivity index (χ4v) is 11.3. The molecule has 0 atom stereocenters. The minimum Gasteiger partial charge on any atom is -0.310 e. The van der Waals surface area contributed by atoms with Gasteiger partial charge in [-0.15, -0.1) is 11.3 Å². The lowest BCUT2D eigenvalue weighted by Crippen LogP contribution is -2.17. The number of para-hydroxylation sites is 5. The number of rotatable bonds is 7. The summed E-state index contributed by atoms with van der Waals surface area (Å²) < 4.78 is 2.62. The Kier molecular flexibility index (Phi) is 7.78. The predicted octanol–water partition coefficient (Wildman–Crippen LogP) is 17.3. The first-order valence-electron chi connectivity index (χ1n) is 21.2. The standard InChI is InChI=1S/C58H37N3S/c1-6-18-39(19-7-1)59(40-20-8-2-9-21-40)44-29-31-46-50-35-38-17-16-28-48-54(38)57-49(33-34-51(56(50)57)61(52(46)36-44)43-26-14-5-15-27-43)58-55(48)47-32-30-45(37-53(47)62-58)60(41-22-10-3-11-23-41)42-24-12-4-13-25-42/h1-37H. The zero-order chi connectivity index (χ0) is 40.7. The lowest BCUT2D eigenvalue weighted by Gasteiger charge is -2.36. The molecule has 1 aliphatic heterocycles. The van der Waals surface area contributed by atoms with Crippen molar-refractivity contribution in [3.05, 3.63) is 224 Å². The molecule has 0 spiro atoms. The summed E-state index contributed by atoms with van der Waals surface area (Å²) in [4.78, 5) is 7.21. The molecule has 4 heteroatoms. The first-order valence-corrected chi connectivity index (χ1v) is 22.0. The second-order valence-corrected chi connectivity index (χ2v) is 17.1. The molecule has 0 N–H and O–H groups in total. The molecule has 1 aromatic heterocycles. The van der Waals surface area contributed by atoms with Gasteiger partial charge in [0, 0.05) is 81.7 Å². The maximum Gasteiger partial charge on any atom is 0.0561 e.